The Kier molecular flexibility index (Phi) is 6.24. The van der Waals surface area contributed by atoms with E-state index in [9.17, 15) is 9.59 Å². The number of ether oxygens (including phenoxy) is 2. The lowest BCUT2D eigenvalue weighted by Crippen LogP contribution is -2.63. The normalized spacial score (nSPS) is 29.1. The second-order valence-corrected chi connectivity index (χ2v) is 10.7. The fourth-order valence-electron chi connectivity index (χ4n) is 7.10. The third-order valence-corrected chi connectivity index (χ3v) is 8.57. The molecule has 6 heteroatoms. The van der Waals surface area contributed by atoms with Gasteiger partial charge in [-0.15, -0.1) is 0 Å². The number of methoxy groups -OCH3 is 1. The molecule has 2 aromatic rings. The Morgan fingerprint density at radius 1 is 1.03 bits per heavy atom. The second-order valence-electron chi connectivity index (χ2n) is 10.7. The number of likely N-dealkylation sites (tertiary alicyclic amines) is 2. The van der Waals surface area contributed by atoms with E-state index in [4.69, 9.17) is 9.47 Å². The molecule has 6 nitrogen and oxygen atoms in total. The van der Waals surface area contributed by atoms with Crippen LogP contribution in [-0.2, 0) is 16.0 Å². The predicted octanol–water partition coefficient (Wildman–Crippen LogP) is 4.38. The highest BCUT2D eigenvalue weighted by Crippen LogP contribution is 2.56. The molecule has 0 N–H and O–H groups in total. The van der Waals surface area contributed by atoms with Gasteiger partial charge < -0.3 is 19.3 Å². The average Bonchev–Trinajstić information content (AvgIpc) is 3.16. The second kappa shape index (κ2) is 9.21. The summed E-state index contributed by atoms with van der Waals surface area (Å²) in [5.41, 5.74) is 2.17. The molecule has 0 aromatic heterocycles. The molecule has 0 unspecified atom stereocenters. The van der Waals surface area contributed by atoms with Gasteiger partial charge in [-0.25, -0.2) is 0 Å². The predicted molar refractivity (Wildman–Crippen MR) is 134 cm³/mol. The Morgan fingerprint density at radius 2 is 1.74 bits per heavy atom. The van der Waals surface area contributed by atoms with E-state index >= 15 is 0 Å². The quantitative estimate of drug-likeness (QED) is 0.621. The maximum atomic E-state index is 13.9. The minimum atomic E-state index is -0.0843. The lowest BCUT2D eigenvalue weighted by molar-refractivity contribution is -0.147. The zero-order valence-electron chi connectivity index (χ0n) is 21.2. The monoisotopic (exact) mass is 476 g/mol. The van der Waals surface area contributed by atoms with Crippen LogP contribution in [0.25, 0.3) is 0 Å². The molecule has 2 saturated heterocycles. The largest absolute Gasteiger partial charge is 0.493 e. The molecule has 0 spiro atoms. The number of amides is 2. The molecule has 2 bridgehead atoms. The number of hydrogen-bond acceptors (Lipinski definition) is 4. The number of hydrogen-bond donors (Lipinski definition) is 0. The van der Waals surface area contributed by atoms with Gasteiger partial charge in [-0.05, 0) is 62.3 Å². The molecule has 2 amide bonds. The van der Waals surface area contributed by atoms with Crippen LogP contribution in [0.15, 0.2) is 48.5 Å². The first-order valence-electron chi connectivity index (χ1n) is 12.7. The molecule has 5 rings (SSSR count). The van der Waals surface area contributed by atoms with Gasteiger partial charge >= 0.3 is 0 Å². The van der Waals surface area contributed by atoms with Crippen molar-refractivity contribution in [2.45, 2.75) is 77.0 Å². The molecule has 0 radical (unpaired) electrons. The standard InChI is InChI=1S/C29H36N2O4/c1-19-13-14-24(25(15-19)34-4)35-18-28(33)31-22(16-21-9-6-5-7-10-21)23-17-29(3)26(30(23)20(2)32)11-8-12-27(29)31/h5-7,9-10,13-15,22-23,26-27H,8,11-12,16-18H2,1-4H3/t22-,23-,26-,27+,29-/m0/s1. The Morgan fingerprint density at radius 3 is 2.43 bits per heavy atom. The van der Waals surface area contributed by atoms with Gasteiger partial charge in [0, 0.05) is 24.4 Å². The Labute approximate surface area is 208 Å². The summed E-state index contributed by atoms with van der Waals surface area (Å²) in [7, 11) is 1.61. The zero-order chi connectivity index (χ0) is 24.7. The third-order valence-electron chi connectivity index (χ3n) is 8.57. The highest BCUT2D eigenvalue weighted by Gasteiger charge is 2.64. The van der Waals surface area contributed by atoms with E-state index in [-0.39, 0.29) is 48.0 Å². The van der Waals surface area contributed by atoms with Crippen molar-refractivity contribution in [2.75, 3.05) is 13.7 Å². The summed E-state index contributed by atoms with van der Waals surface area (Å²) in [5, 5.41) is 0. The van der Waals surface area contributed by atoms with Crippen LogP contribution in [0.2, 0.25) is 0 Å². The van der Waals surface area contributed by atoms with Crippen molar-refractivity contribution >= 4 is 11.8 Å². The van der Waals surface area contributed by atoms with Gasteiger partial charge in [0.15, 0.2) is 18.1 Å². The number of aryl methyl sites for hydroxylation is 1. The summed E-state index contributed by atoms with van der Waals surface area (Å²) < 4.78 is 11.5. The van der Waals surface area contributed by atoms with Crippen molar-refractivity contribution < 1.29 is 19.1 Å². The number of carbonyl (C=O) groups is 2. The lowest BCUT2D eigenvalue weighted by Gasteiger charge is -2.53. The molecule has 3 fully saturated rings. The van der Waals surface area contributed by atoms with Crippen molar-refractivity contribution in [3.8, 4) is 11.5 Å². The summed E-state index contributed by atoms with van der Waals surface area (Å²) in [6.45, 7) is 5.93. The smallest absolute Gasteiger partial charge is 0.261 e. The maximum absolute atomic E-state index is 13.9. The zero-order valence-corrected chi connectivity index (χ0v) is 21.2. The Hall–Kier alpha value is -3.02. The highest BCUT2D eigenvalue weighted by atomic mass is 16.5. The molecule has 2 aliphatic heterocycles. The summed E-state index contributed by atoms with van der Waals surface area (Å²) in [6.07, 6.45) is 4.69. The van der Waals surface area contributed by atoms with Gasteiger partial charge in [0.25, 0.3) is 5.91 Å². The summed E-state index contributed by atoms with van der Waals surface area (Å²) in [5.74, 6) is 1.31. The van der Waals surface area contributed by atoms with E-state index in [0.29, 0.717) is 11.5 Å². The SMILES string of the molecule is COc1cc(C)ccc1OCC(=O)N1[C@@H](Cc2ccccc2)[C@@H]2C[C@@]3(C)[C@H](CCC[C@@H]13)N2C(C)=O. The summed E-state index contributed by atoms with van der Waals surface area (Å²) in [4.78, 5) is 31.1. The van der Waals surface area contributed by atoms with Crippen molar-refractivity contribution in [3.05, 3.63) is 59.7 Å². The van der Waals surface area contributed by atoms with Crippen LogP contribution in [0.4, 0.5) is 0 Å². The highest BCUT2D eigenvalue weighted by molar-refractivity contribution is 5.80. The molecule has 186 valence electrons. The number of fused-ring (bicyclic) bond motifs is 1. The first-order chi connectivity index (χ1) is 16.8. The van der Waals surface area contributed by atoms with Gasteiger partial charge in [-0.3, -0.25) is 9.59 Å². The van der Waals surface area contributed by atoms with Crippen LogP contribution >= 0.6 is 0 Å². The van der Waals surface area contributed by atoms with Crippen molar-refractivity contribution in [1.82, 2.24) is 9.80 Å². The van der Waals surface area contributed by atoms with E-state index in [1.807, 2.05) is 43.3 Å². The number of carbonyl (C=O) groups excluding carboxylic acids is 2. The van der Waals surface area contributed by atoms with Crippen LogP contribution in [0, 0.1) is 12.3 Å². The van der Waals surface area contributed by atoms with E-state index in [1.165, 1.54) is 5.56 Å². The Balaban J connectivity index is 1.48. The van der Waals surface area contributed by atoms with Crippen LogP contribution < -0.4 is 9.47 Å². The van der Waals surface area contributed by atoms with Crippen molar-refractivity contribution in [1.29, 1.82) is 0 Å². The minimum Gasteiger partial charge on any atom is -0.493 e. The molecule has 1 aliphatic carbocycles. The molecule has 2 heterocycles. The Bertz CT molecular complexity index is 1100. The molecule has 3 aliphatic rings. The first-order valence-corrected chi connectivity index (χ1v) is 12.7. The van der Waals surface area contributed by atoms with E-state index in [1.54, 1.807) is 14.0 Å². The van der Waals surface area contributed by atoms with Gasteiger partial charge in [-0.1, -0.05) is 43.3 Å². The van der Waals surface area contributed by atoms with Crippen molar-refractivity contribution in [3.63, 3.8) is 0 Å². The number of benzene rings is 2. The van der Waals surface area contributed by atoms with Gasteiger partial charge in [-0.2, -0.15) is 0 Å². The van der Waals surface area contributed by atoms with E-state index in [2.05, 4.69) is 28.9 Å². The number of rotatable bonds is 6. The summed E-state index contributed by atoms with van der Waals surface area (Å²) in [6, 6.07) is 16.3. The maximum Gasteiger partial charge on any atom is 0.261 e. The van der Waals surface area contributed by atoms with E-state index < -0.39 is 0 Å². The third kappa shape index (κ3) is 4.07. The minimum absolute atomic E-state index is 0.0134. The average molecular weight is 477 g/mol. The van der Waals surface area contributed by atoms with Crippen LogP contribution in [0.1, 0.15) is 50.7 Å². The van der Waals surface area contributed by atoms with Crippen LogP contribution in [0.5, 0.6) is 11.5 Å². The molecule has 35 heavy (non-hydrogen) atoms. The molecular formula is C29H36N2O4. The molecular weight excluding hydrogens is 440 g/mol. The molecule has 2 aromatic carbocycles. The van der Waals surface area contributed by atoms with Gasteiger partial charge in [0.2, 0.25) is 5.91 Å². The van der Waals surface area contributed by atoms with Crippen LogP contribution in [-0.4, -0.2) is 59.5 Å². The van der Waals surface area contributed by atoms with Gasteiger partial charge in [0.05, 0.1) is 19.2 Å². The summed E-state index contributed by atoms with van der Waals surface area (Å²) >= 11 is 0. The van der Waals surface area contributed by atoms with Gasteiger partial charge in [0.1, 0.15) is 0 Å². The number of piperidine rings is 1. The van der Waals surface area contributed by atoms with E-state index in [0.717, 1.165) is 37.7 Å². The molecule has 5 atom stereocenters. The van der Waals surface area contributed by atoms with Crippen LogP contribution in [0.3, 0.4) is 0 Å². The van der Waals surface area contributed by atoms with Crippen molar-refractivity contribution in [2.24, 2.45) is 5.41 Å². The lowest BCUT2D eigenvalue weighted by atomic mass is 9.64. The molecule has 1 saturated carbocycles. The fraction of sp³-hybridized carbons (Fsp3) is 0.517. The topological polar surface area (TPSA) is 59.1 Å². The first kappa shape index (κ1) is 23.7. The fourth-order valence-corrected chi connectivity index (χ4v) is 7.10. The number of nitrogens with zero attached hydrogens (tertiary/aromatic N) is 2.